The van der Waals surface area contributed by atoms with Crippen molar-refractivity contribution >= 4 is 11.0 Å². The Kier molecular flexibility index (Phi) is 4.80. The molecular formula is C20H29NOS. The highest BCUT2D eigenvalue weighted by Crippen LogP contribution is 2.48. The summed E-state index contributed by atoms with van der Waals surface area (Å²) in [5.41, 5.74) is 1.66. The zero-order chi connectivity index (χ0) is 16.5. The monoisotopic (exact) mass is 331 g/mol. The van der Waals surface area contributed by atoms with Gasteiger partial charge in [-0.2, -0.15) is 0 Å². The molecule has 2 nitrogen and oxygen atoms in total. The van der Waals surface area contributed by atoms with Crippen molar-refractivity contribution in [1.82, 2.24) is 4.31 Å². The maximum absolute atomic E-state index is 13.1. The van der Waals surface area contributed by atoms with Gasteiger partial charge in [-0.25, -0.2) is 8.51 Å². The number of hydrogen-bond donors (Lipinski definition) is 0. The number of allylic oxidation sites excluding steroid dienone is 1. The van der Waals surface area contributed by atoms with E-state index in [4.69, 9.17) is 0 Å². The fourth-order valence-corrected chi connectivity index (χ4v) is 5.73. The van der Waals surface area contributed by atoms with Crippen LogP contribution in [-0.4, -0.2) is 25.8 Å². The molecular weight excluding hydrogens is 302 g/mol. The van der Waals surface area contributed by atoms with Gasteiger partial charge in [-0.15, -0.1) is 0 Å². The van der Waals surface area contributed by atoms with Crippen LogP contribution in [0.2, 0.25) is 0 Å². The van der Waals surface area contributed by atoms with Gasteiger partial charge in [0.2, 0.25) is 0 Å². The summed E-state index contributed by atoms with van der Waals surface area (Å²) >= 11 is 0. The first-order valence-electron chi connectivity index (χ1n) is 8.80. The molecule has 0 unspecified atom stereocenters. The molecule has 1 saturated carbocycles. The maximum Gasteiger partial charge on any atom is 0.100 e. The van der Waals surface area contributed by atoms with Crippen molar-refractivity contribution in [2.75, 3.05) is 6.54 Å². The molecule has 0 bridgehead atoms. The molecule has 3 rings (SSSR count). The SMILES string of the molecule is CC(C)(C)[S@@](=O)N1CC=CC[C@]2(Cc3ccccc3)CCC[C@@H]12. The number of benzene rings is 1. The van der Waals surface area contributed by atoms with E-state index in [2.05, 4.69) is 67.6 Å². The molecule has 1 aromatic rings. The quantitative estimate of drug-likeness (QED) is 0.747. The fraction of sp³-hybridized carbons (Fsp3) is 0.600. The van der Waals surface area contributed by atoms with E-state index in [9.17, 15) is 4.21 Å². The Morgan fingerprint density at radius 2 is 1.96 bits per heavy atom. The average molecular weight is 332 g/mol. The van der Waals surface area contributed by atoms with Crippen molar-refractivity contribution in [2.24, 2.45) is 5.41 Å². The van der Waals surface area contributed by atoms with Crippen LogP contribution < -0.4 is 0 Å². The molecule has 1 aromatic carbocycles. The van der Waals surface area contributed by atoms with Gasteiger partial charge in [-0.1, -0.05) is 48.9 Å². The first-order chi connectivity index (χ1) is 10.9. The van der Waals surface area contributed by atoms with Crippen molar-refractivity contribution in [1.29, 1.82) is 0 Å². The lowest BCUT2D eigenvalue weighted by molar-refractivity contribution is 0.172. The highest BCUT2D eigenvalue weighted by atomic mass is 32.2. The van der Waals surface area contributed by atoms with Gasteiger partial charge in [-0.05, 0) is 57.4 Å². The number of hydrogen-bond acceptors (Lipinski definition) is 1. The summed E-state index contributed by atoms with van der Waals surface area (Å²) in [5, 5.41) is 0. The van der Waals surface area contributed by atoms with Crippen LogP contribution >= 0.6 is 0 Å². The van der Waals surface area contributed by atoms with Gasteiger partial charge >= 0.3 is 0 Å². The van der Waals surface area contributed by atoms with Gasteiger partial charge in [0.15, 0.2) is 0 Å². The van der Waals surface area contributed by atoms with Crippen LogP contribution in [0.15, 0.2) is 42.5 Å². The smallest absolute Gasteiger partial charge is 0.100 e. The summed E-state index contributed by atoms with van der Waals surface area (Å²) < 4.78 is 15.2. The Hall–Kier alpha value is -0.930. The van der Waals surface area contributed by atoms with Crippen molar-refractivity contribution in [2.45, 2.75) is 63.7 Å². The van der Waals surface area contributed by atoms with E-state index in [1.54, 1.807) is 0 Å². The Balaban J connectivity index is 1.92. The van der Waals surface area contributed by atoms with E-state index in [1.807, 2.05) is 0 Å². The minimum atomic E-state index is -0.947. The summed E-state index contributed by atoms with van der Waals surface area (Å²) in [6.07, 6.45) is 10.5. The van der Waals surface area contributed by atoms with Gasteiger partial charge in [0.1, 0.15) is 11.0 Å². The first kappa shape index (κ1) is 16.9. The maximum atomic E-state index is 13.1. The zero-order valence-corrected chi connectivity index (χ0v) is 15.4. The van der Waals surface area contributed by atoms with Crippen molar-refractivity contribution < 1.29 is 4.21 Å². The van der Waals surface area contributed by atoms with Crippen molar-refractivity contribution in [3.8, 4) is 0 Å². The molecule has 0 spiro atoms. The summed E-state index contributed by atoms with van der Waals surface area (Å²) in [6.45, 7) is 7.09. The van der Waals surface area contributed by atoms with E-state index in [0.717, 1.165) is 19.4 Å². The molecule has 3 atom stereocenters. The molecule has 0 aromatic heterocycles. The van der Waals surface area contributed by atoms with Gasteiger partial charge < -0.3 is 0 Å². The molecule has 1 aliphatic heterocycles. The van der Waals surface area contributed by atoms with Crippen LogP contribution in [0.5, 0.6) is 0 Å². The van der Waals surface area contributed by atoms with Crippen molar-refractivity contribution in [3.05, 3.63) is 48.0 Å². The van der Waals surface area contributed by atoms with Crippen LogP contribution in [-0.2, 0) is 17.4 Å². The standard InChI is InChI=1S/C20H29NOS/c1-19(2,3)23(22)21-15-8-7-13-20(14-9-12-18(20)21)16-17-10-5-4-6-11-17/h4-8,10-11,18H,9,12-16H2,1-3H3/t18-,20-,23-/m1/s1. The van der Waals surface area contributed by atoms with Crippen LogP contribution in [0.3, 0.4) is 0 Å². The van der Waals surface area contributed by atoms with Crippen LogP contribution in [0.1, 0.15) is 52.0 Å². The van der Waals surface area contributed by atoms with Crippen molar-refractivity contribution in [3.63, 3.8) is 0 Å². The lowest BCUT2D eigenvalue weighted by atomic mass is 9.74. The lowest BCUT2D eigenvalue weighted by Crippen LogP contribution is -2.49. The van der Waals surface area contributed by atoms with Gasteiger partial charge in [0.25, 0.3) is 0 Å². The van der Waals surface area contributed by atoms with E-state index in [-0.39, 0.29) is 10.2 Å². The van der Waals surface area contributed by atoms with Crippen LogP contribution in [0, 0.1) is 5.41 Å². The summed E-state index contributed by atoms with van der Waals surface area (Å²) in [5.74, 6) is 0. The van der Waals surface area contributed by atoms with E-state index >= 15 is 0 Å². The van der Waals surface area contributed by atoms with Crippen LogP contribution in [0.4, 0.5) is 0 Å². The number of rotatable bonds is 3. The normalized spacial score (nSPS) is 30.0. The molecule has 0 N–H and O–H groups in total. The third kappa shape index (κ3) is 3.46. The minimum absolute atomic E-state index is 0.195. The molecule has 126 valence electrons. The largest absolute Gasteiger partial charge is 0.242 e. The van der Waals surface area contributed by atoms with Crippen LogP contribution in [0.25, 0.3) is 0 Å². The number of nitrogens with zero attached hydrogens (tertiary/aromatic N) is 1. The topological polar surface area (TPSA) is 20.3 Å². The Morgan fingerprint density at radius 3 is 2.65 bits per heavy atom. The Bertz CT molecular complexity index is 589. The summed E-state index contributed by atoms with van der Waals surface area (Å²) in [6, 6.07) is 11.3. The molecule has 2 aliphatic rings. The predicted octanol–water partition coefficient (Wildman–Crippen LogP) is 4.49. The zero-order valence-electron chi connectivity index (χ0n) is 14.6. The molecule has 3 heteroatoms. The third-order valence-electron chi connectivity index (χ3n) is 5.32. The predicted molar refractivity (Wildman–Crippen MR) is 98.6 cm³/mol. The Labute approximate surface area is 143 Å². The second-order valence-corrected chi connectivity index (χ2v) is 10.3. The summed E-state index contributed by atoms with van der Waals surface area (Å²) in [7, 11) is -0.947. The van der Waals surface area contributed by atoms with Gasteiger partial charge in [-0.3, -0.25) is 0 Å². The molecule has 1 heterocycles. The first-order valence-corrected chi connectivity index (χ1v) is 9.91. The summed E-state index contributed by atoms with van der Waals surface area (Å²) in [4.78, 5) is 0. The second kappa shape index (κ2) is 6.52. The molecule has 0 radical (unpaired) electrons. The average Bonchev–Trinajstić information content (AvgIpc) is 2.82. The minimum Gasteiger partial charge on any atom is -0.242 e. The molecule has 0 amide bonds. The van der Waals surface area contributed by atoms with Gasteiger partial charge in [0, 0.05) is 12.6 Å². The highest BCUT2D eigenvalue weighted by Gasteiger charge is 2.48. The molecule has 23 heavy (non-hydrogen) atoms. The molecule has 1 fully saturated rings. The van der Waals surface area contributed by atoms with E-state index in [0.29, 0.717) is 6.04 Å². The lowest BCUT2D eigenvalue weighted by Gasteiger charge is -2.41. The van der Waals surface area contributed by atoms with E-state index in [1.165, 1.54) is 24.8 Å². The van der Waals surface area contributed by atoms with E-state index < -0.39 is 11.0 Å². The second-order valence-electron chi connectivity index (χ2n) is 8.07. The third-order valence-corrected chi connectivity index (χ3v) is 7.20. The highest BCUT2D eigenvalue weighted by molar-refractivity contribution is 7.84. The number of fused-ring (bicyclic) bond motifs is 1. The van der Waals surface area contributed by atoms with Gasteiger partial charge in [0.05, 0.1) is 4.75 Å². The fourth-order valence-electron chi connectivity index (χ4n) is 4.25. The molecule has 1 aliphatic carbocycles. The Morgan fingerprint density at radius 1 is 1.22 bits per heavy atom. The molecule has 0 saturated heterocycles.